The molecule has 0 bridgehead atoms. The number of hydrogen-bond donors (Lipinski definition) is 0. The fraction of sp³-hybridized carbons (Fsp3) is 0.462. The lowest BCUT2D eigenvalue weighted by Crippen LogP contribution is -2.42. The van der Waals surface area contributed by atoms with Gasteiger partial charge in [-0.3, -0.25) is 4.79 Å². The van der Waals surface area contributed by atoms with Crippen molar-refractivity contribution in [3.05, 3.63) is 34.3 Å². The molecule has 86 valence electrons. The first-order valence-electron chi connectivity index (χ1n) is 5.75. The van der Waals surface area contributed by atoms with Crippen molar-refractivity contribution in [1.29, 1.82) is 0 Å². The van der Waals surface area contributed by atoms with E-state index in [1.165, 1.54) is 6.42 Å². The molecule has 16 heavy (non-hydrogen) atoms. The maximum atomic E-state index is 12.3. The monoisotopic (exact) mass is 281 g/mol. The Morgan fingerprint density at radius 2 is 2.12 bits per heavy atom. The van der Waals surface area contributed by atoms with Crippen LogP contribution < -0.4 is 0 Å². The fourth-order valence-electron chi connectivity index (χ4n) is 2.19. The fourth-order valence-corrected chi connectivity index (χ4v) is 2.64. The number of piperidine rings is 1. The van der Waals surface area contributed by atoms with Crippen molar-refractivity contribution in [1.82, 2.24) is 4.90 Å². The maximum absolute atomic E-state index is 12.3. The van der Waals surface area contributed by atoms with Crippen LogP contribution in [0.25, 0.3) is 0 Å². The van der Waals surface area contributed by atoms with E-state index in [1.54, 1.807) is 0 Å². The van der Waals surface area contributed by atoms with Crippen molar-refractivity contribution in [2.75, 3.05) is 6.54 Å². The standard InChI is InChI=1S/C13H16BrNO/c1-10-6-4-5-9-15(10)13(16)11-7-2-3-8-12(11)14/h2-3,7-8,10H,4-6,9H2,1H3/t10-/m0/s1. The highest BCUT2D eigenvalue weighted by atomic mass is 79.9. The smallest absolute Gasteiger partial charge is 0.255 e. The molecule has 1 aliphatic heterocycles. The number of halogens is 1. The van der Waals surface area contributed by atoms with E-state index in [0.717, 1.165) is 29.4 Å². The summed E-state index contributed by atoms with van der Waals surface area (Å²) in [5.74, 6) is 0.152. The third-order valence-electron chi connectivity index (χ3n) is 3.17. The molecule has 1 heterocycles. The van der Waals surface area contributed by atoms with Crippen LogP contribution in [-0.4, -0.2) is 23.4 Å². The van der Waals surface area contributed by atoms with Gasteiger partial charge in [-0.05, 0) is 54.2 Å². The molecule has 0 unspecified atom stereocenters. The van der Waals surface area contributed by atoms with E-state index in [0.29, 0.717) is 6.04 Å². The average Bonchev–Trinajstić information content (AvgIpc) is 2.29. The second-order valence-electron chi connectivity index (χ2n) is 4.32. The van der Waals surface area contributed by atoms with Crippen LogP contribution in [0.15, 0.2) is 28.7 Å². The second-order valence-corrected chi connectivity index (χ2v) is 5.18. The molecule has 2 nitrogen and oxygen atoms in total. The number of nitrogens with zero attached hydrogens (tertiary/aromatic N) is 1. The number of amides is 1. The van der Waals surface area contributed by atoms with Crippen molar-refractivity contribution >= 4 is 21.8 Å². The number of hydrogen-bond acceptors (Lipinski definition) is 1. The SMILES string of the molecule is C[C@H]1CCCCN1C(=O)c1ccccc1Br. The molecule has 1 fully saturated rings. The molecule has 1 aromatic carbocycles. The summed E-state index contributed by atoms with van der Waals surface area (Å²) in [4.78, 5) is 14.3. The van der Waals surface area contributed by atoms with Crippen LogP contribution in [0.5, 0.6) is 0 Å². The molecule has 1 aliphatic rings. The van der Waals surface area contributed by atoms with Crippen molar-refractivity contribution in [3.8, 4) is 0 Å². The normalized spacial score (nSPS) is 20.9. The Labute approximate surface area is 105 Å². The highest BCUT2D eigenvalue weighted by Gasteiger charge is 2.24. The minimum Gasteiger partial charge on any atom is -0.336 e. The summed E-state index contributed by atoms with van der Waals surface area (Å²) < 4.78 is 0.887. The number of rotatable bonds is 1. The molecular formula is C13H16BrNO. The lowest BCUT2D eigenvalue weighted by Gasteiger charge is -2.33. The van der Waals surface area contributed by atoms with E-state index in [1.807, 2.05) is 29.2 Å². The second kappa shape index (κ2) is 5.00. The van der Waals surface area contributed by atoms with Crippen molar-refractivity contribution in [2.24, 2.45) is 0 Å². The molecule has 1 aromatic rings. The number of likely N-dealkylation sites (tertiary alicyclic amines) is 1. The average molecular weight is 282 g/mol. The van der Waals surface area contributed by atoms with E-state index in [9.17, 15) is 4.79 Å². The maximum Gasteiger partial charge on any atom is 0.255 e. The van der Waals surface area contributed by atoms with E-state index in [-0.39, 0.29) is 5.91 Å². The predicted molar refractivity (Wildman–Crippen MR) is 68.5 cm³/mol. The minimum absolute atomic E-state index is 0.152. The third kappa shape index (κ3) is 2.29. The Balaban J connectivity index is 2.21. The van der Waals surface area contributed by atoms with Crippen LogP contribution in [0, 0.1) is 0 Å². The van der Waals surface area contributed by atoms with Crippen LogP contribution in [0.1, 0.15) is 36.5 Å². The van der Waals surface area contributed by atoms with Crippen LogP contribution in [-0.2, 0) is 0 Å². The first kappa shape index (κ1) is 11.6. The Bertz CT molecular complexity index is 391. The zero-order chi connectivity index (χ0) is 11.5. The molecule has 0 aliphatic carbocycles. The van der Waals surface area contributed by atoms with E-state index < -0.39 is 0 Å². The van der Waals surface area contributed by atoms with Crippen LogP contribution in [0.2, 0.25) is 0 Å². The van der Waals surface area contributed by atoms with Crippen LogP contribution in [0.3, 0.4) is 0 Å². The van der Waals surface area contributed by atoms with Gasteiger partial charge in [-0.2, -0.15) is 0 Å². The van der Waals surface area contributed by atoms with Crippen molar-refractivity contribution in [2.45, 2.75) is 32.2 Å². The molecule has 1 atom stereocenters. The molecule has 0 spiro atoms. The summed E-state index contributed by atoms with van der Waals surface area (Å²) in [6.07, 6.45) is 3.48. The summed E-state index contributed by atoms with van der Waals surface area (Å²) in [5.41, 5.74) is 0.774. The van der Waals surface area contributed by atoms with E-state index in [4.69, 9.17) is 0 Å². The lowest BCUT2D eigenvalue weighted by atomic mass is 10.0. The largest absolute Gasteiger partial charge is 0.336 e. The Kier molecular flexibility index (Phi) is 3.64. The summed E-state index contributed by atoms with van der Waals surface area (Å²) >= 11 is 3.44. The minimum atomic E-state index is 0.152. The van der Waals surface area contributed by atoms with Gasteiger partial charge in [0.05, 0.1) is 5.56 Å². The third-order valence-corrected chi connectivity index (χ3v) is 3.86. The van der Waals surface area contributed by atoms with Gasteiger partial charge < -0.3 is 4.90 Å². The molecule has 1 amide bonds. The predicted octanol–water partition coefficient (Wildman–Crippen LogP) is 3.46. The summed E-state index contributed by atoms with van der Waals surface area (Å²) in [5, 5.41) is 0. The number of carbonyl (C=O) groups is 1. The molecule has 0 saturated carbocycles. The van der Waals surface area contributed by atoms with Gasteiger partial charge in [0.1, 0.15) is 0 Å². The number of benzene rings is 1. The highest BCUT2D eigenvalue weighted by molar-refractivity contribution is 9.10. The molecule has 0 radical (unpaired) electrons. The zero-order valence-corrected chi connectivity index (χ0v) is 11.0. The first-order valence-corrected chi connectivity index (χ1v) is 6.55. The van der Waals surface area contributed by atoms with Gasteiger partial charge in [0.15, 0.2) is 0 Å². The Morgan fingerprint density at radius 1 is 1.38 bits per heavy atom. The van der Waals surface area contributed by atoms with E-state index in [2.05, 4.69) is 22.9 Å². The van der Waals surface area contributed by atoms with E-state index >= 15 is 0 Å². The van der Waals surface area contributed by atoms with Gasteiger partial charge >= 0.3 is 0 Å². The quantitative estimate of drug-likeness (QED) is 0.772. The summed E-state index contributed by atoms with van der Waals surface area (Å²) in [7, 11) is 0. The van der Waals surface area contributed by atoms with Gasteiger partial charge in [-0.15, -0.1) is 0 Å². The Morgan fingerprint density at radius 3 is 2.81 bits per heavy atom. The molecule has 1 saturated heterocycles. The Hall–Kier alpha value is -0.830. The van der Waals surface area contributed by atoms with Crippen LogP contribution in [0.4, 0.5) is 0 Å². The molecular weight excluding hydrogens is 266 g/mol. The lowest BCUT2D eigenvalue weighted by molar-refractivity contribution is 0.0634. The highest BCUT2D eigenvalue weighted by Crippen LogP contribution is 2.23. The van der Waals surface area contributed by atoms with Gasteiger partial charge in [0, 0.05) is 17.1 Å². The molecule has 0 aromatic heterocycles. The van der Waals surface area contributed by atoms with Gasteiger partial charge in [-0.1, -0.05) is 12.1 Å². The van der Waals surface area contributed by atoms with Crippen molar-refractivity contribution < 1.29 is 4.79 Å². The first-order chi connectivity index (χ1) is 7.70. The van der Waals surface area contributed by atoms with Crippen LogP contribution >= 0.6 is 15.9 Å². The van der Waals surface area contributed by atoms with Crippen molar-refractivity contribution in [3.63, 3.8) is 0 Å². The summed E-state index contributed by atoms with van der Waals surface area (Å²) in [6, 6.07) is 8.01. The van der Waals surface area contributed by atoms with Gasteiger partial charge in [-0.25, -0.2) is 0 Å². The number of carbonyl (C=O) groups excluding carboxylic acids is 1. The zero-order valence-electron chi connectivity index (χ0n) is 9.45. The molecule has 2 rings (SSSR count). The topological polar surface area (TPSA) is 20.3 Å². The van der Waals surface area contributed by atoms with Gasteiger partial charge in [0.2, 0.25) is 0 Å². The molecule has 0 N–H and O–H groups in total. The van der Waals surface area contributed by atoms with Gasteiger partial charge in [0.25, 0.3) is 5.91 Å². The summed E-state index contributed by atoms with van der Waals surface area (Å²) in [6.45, 7) is 3.02. The molecule has 3 heteroatoms.